The molecule has 0 atom stereocenters. The zero-order valence-corrected chi connectivity index (χ0v) is 16.4. The number of hydrogen-bond acceptors (Lipinski definition) is 5. The Morgan fingerprint density at radius 1 is 1.03 bits per heavy atom. The molecule has 0 aliphatic heterocycles. The summed E-state index contributed by atoms with van der Waals surface area (Å²) >= 11 is 0. The number of benzene rings is 2. The van der Waals surface area contributed by atoms with Gasteiger partial charge in [-0.2, -0.15) is 5.10 Å². The van der Waals surface area contributed by atoms with Gasteiger partial charge in [-0.15, -0.1) is 0 Å². The van der Waals surface area contributed by atoms with E-state index >= 15 is 0 Å². The number of para-hydroxylation sites is 1. The summed E-state index contributed by atoms with van der Waals surface area (Å²) < 4.78 is 25.6. The SMILES string of the molecule is CS(=O)(=O)c1ccccc1NC(=O)c1cnc2c(cnn2Cc2ccccc2)c1. The van der Waals surface area contributed by atoms with Crippen molar-refractivity contribution in [1.29, 1.82) is 0 Å². The summed E-state index contributed by atoms with van der Waals surface area (Å²) in [6, 6.07) is 17.9. The van der Waals surface area contributed by atoms with Crippen LogP contribution >= 0.6 is 0 Å². The van der Waals surface area contributed by atoms with Crippen molar-refractivity contribution in [3.05, 3.63) is 84.2 Å². The molecule has 0 unspecified atom stereocenters. The van der Waals surface area contributed by atoms with E-state index in [1.807, 2.05) is 30.3 Å². The summed E-state index contributed by atoms with van der Waals surface area (Å²) in [4.78, 5) is 17.1. The fourth-order valence-corrected chi connectivity index (χ4v) is 3.90. The van der Waals surface area contributed by atoms with E-state index < -0.39 is 15.7 Å². The summed E-state index contributed by atoms with van der Waals surface area (Å²) in [6.07, 6.45) is 4.23. The minimum absolute atomic E-state index is 0.0677. The zero-order valence-electron chi connectivity index (χ0n) is 15.6. The molecule has 0 aliphatic rings. The monoisotopic (exact) mass is 406 g/mol. The molecule has 0 fully saturated rings. The second-order valence-corrected chi connectivity index (χ2v) is 8.63. The minimum Gasteiger partial charge on any atom is -0.321 e. The largest absolute Gasteiger partial charge is 0.321 e. The van der Waals surface area contributed by atoms with Gasteiger partial charge < -0.3 is 5.32 Å². The van der Waals surface area contributed by atoms with Crippen LogP contribution in [0.15, 0.2) is 78.0 Å². The smallest absolute Gasteiger partial charge is 0.257 e. The van der Waals surface area contributed by atoms with Crippen molar-refractivity contribution in [2.24, 2.45) is 0 Å². The maximum atomic E-state index is 12.7. The molecule has 0 saturated heterocycles. The van der Waals surface area contributed by atoms with E-state index in [0.29, 0.717) is 17.8 Å². The van der Waals surface area contributed by atoms with Gasteiger partial charge in [0.15, 0.2) is 15.5 Å². The number of rotatable bonds is 5. The van der Waals surface area contributed by atoms with E-state index in [9.17, 15) is 13.2 Å². The Morgan fingerprint density at radius 2 is 1.76 bits per heavy atom. The number of carbonyl (C=O) groups excluding carboxylic acids is 1. The van der Waals surface area contributed by atoms with Crippen LogP contribution in [0.3, 0.4) is 0 Å². The standard InChI is InChI=1S/C21H18N4O3S/c1-29(27,28)19-10-6-5-9-18(19)24-21(26)17-11-16-13-23-25(20(16)22-12-17)14-15-7-3-2-4-8-15/h2-13H,14H2,1H3,(H,24,26). The first-order valence-corrected chi connectivity index (χ1v) is 10.8. The molecule has 8 heteroatoms. The van der Waals surface area contributed by atoms with E-state index in [1.54, 1.807) is 35.1 Å². The van der Waals surface area contributed by atoms with E-state index in [2.05, 4.69) is 15.4 Å². The van der Waals surface area contributed by atoms with Crippen molar-refractivity contribution in [3.63, 3.8) is 0 Å². The fourth-order valence-electron chi connectivity index (χ4n) is 3.06. The van der Waals surface area contributed by atoms with Crippen molar-refractivity contribution in [1.82, 2.24) is 14.8 Å². The number of sulfone groups is 1. The molecular weight excluding hydrogens is 388 g/mol. The topological polar surface area (TPSA) is 93.9 Å². The maximum Gasteiger partial charge on any atom is 0.257 e. The molecule has 4 rings (SSSR count). The van der Waals surface area contributed by atoms with Gasteiger partial charge in [-0.05, 0) is 23.8 Å². The first-order chi connectivity index (χ1) is 13.9. The Labute approximate surface area is 167 Å². The quantitative estimate of drug-likeness (QED) is 0.550. The van der Waals surface area contributed by atoms with Crippen LogP contribution in [0.25, 0.3) is 11.0 Å². The van der Waals surface area contributed by atoms with Crippen LogP contribution in [0, 0.1) is 0 Å². The van der Waals surface area contributed by atoms with E-state index in [1.165, 1.54) is 12.3 Å². The number of nitrogens with zero attached hydrogens (tertiary/aromatic N) is 3. The lowest BCUT2D eigenvalue weighted by molar-refractivity contribution is 0.102. The molecule has 1 N–H and O–H groups in total. The summed E-state index contributed by atoms with van der Waals surface area (Å²) in [6.45, 7) is 0.574. The highest BCUT2D eigenvalue weighted by atomic mass is 32.2. The van der Waals surface area contributed by atoms with Gasteiger partial charge in [0.25, 0.3) is 5.91 Å². The van der Waals surface area contributed by atoms with Crippen LogP contribution in [0.4, 0.5) is 5.69 Å². The van der Waals surface area contributed by atoms with Crippen LogP contribution in [0.1, 0.15) is 15.9 Å². The second-order valence-electron chi connectivity index (χ2n) is 6.65. The molecule has 0 spiro atoms. The van der Waals surface area contributed by atoms with Gasteiger partial charge in [-0.1, -0.05) is 42.5 Å². The Balaban J connectivity index is 1.60. The highest BCUT2D eigenvalue weighted by Crippen LogP contribution is 2.22. The molecule has 7 nitrogen and oxygen atoms in total. The molecule has 4 aromatic rings. The van der Waals surface area contributed by atoms with Crippen LogP contribution in [-0.2, 0) is 16.4 Å². The predicted molar refractivity (Wildman–Crippen MR) is 111 cm³/mol. The third-order valence-corrected chi connectivity index (χ3v) is 5.60. The highest BCUT2D eigenvalue weighted by molar-refractivity contribution is 7.90. The molecule has 29 heavy (non-hydrogen) atoms. The first-order valence-electron chi connectivity index (χ1n) is 8.88. The molecule has 0 aliphatic carbocycles. The van der Waals surface area contributed by atoms with Crippen molar-refractivity contribution >= 4 is 32.5 Å². The molecule has 1 amide bonds. The average Bonchev–Trinajstić information content (AvgIpc) is 3.10. The zero-order chi connectivity index (χ0) is 20.4. The fraction of sp³-hybridized carbons (Fsp3) is 0.0952. The van der Waals surface area contributed by atoms with Crippen molar-refractivity contribution in [2.75, 3.05) is 11.6 Å². The molecule has 2 heterocycles. The average molecular weight is 406 g/mol. The number of pyridine rings is 1. The first kappa shape index (κ1) is 18.8. The molecular formula is C21H18N4O3S. The third kappa shape index (κ3) is 4.02. The van der Waals surface area contributed by atoms with Crippen LogP contribution in [0.5, 0.6) is 0 Å². The minimum atomic E-state index is -3.47. The van der Waals surface area contributed by atoms with Gasteiger partial charge >= 0.3 is 0 Å². The lowest BCUT2D eigenvalue weighted by Crippen LogP contribution is -2.15. The van der Waals surface area contributed by atoms with Gasteiger partial charge in [-0.25, -0.2) is 18.1 Å². The van der Waals surface area contributed by atoms with Crippen molar-refractivity contribution < 1.29 is 13.2 Å². The normalized spacial score (nSPS) is 11.5. The number of hydrogen-bond donors (Lipinski definition) is 1. The second kappa shape index (κ2) is 7.48. The van der Waals surface area contributed by atoms with Crippen molar-refractivity contribution in [3.8, 4) is 0 Å². The number of anilines is 1. The van der Waals surface area contributed by atoms with Gasteiger partial charge in [-0.3, -0.25) is 4.79 Å². The van der Waals surface area contributed by atoms with Crippen LogP contribution < -0.4 is 5.32 Å². The van der Waals surface area contributed by atoms with Crippen LogP contribution in [-0.4, -0.2) is 35.3 Å². The van der Waals surface area contributed by atoms with E-state index in [0.717, 1.165) is 17.2 Å². The number of carbonyl (C=O) groups is 1. The van der Waals surface area contributed by atoms with Crippen LogP contribution in [0.2, 0.25) is 0 Å². The molecule has 2 aromatic heterocycles. The molecule has 0 radical (unpaired) electrons. The predicted octanol–water partition coefficient (Wildman–Crippen LogP) is 3.14. The Hall–Kier alpha value is -3.52. The Kier molecular flexibility index (Phi) is 4.85. The number of amides is 1. The molecule has 146 valence electrons. The Bertz CT molecular complexity index is 1300. The Morgan fingerprint density at radius 3 is 2.52 bits per heavy atom. The molecule has 0 saturated carbocycles. The van der Waals surface area contributed by atoms with Gasteiger partial charge in [0.05, 0.1) is 28.9 Å². The summed E-state index contributed by atoms with van der Waals surface area (Å²) in [7, 11) is -3.47. The van der Waals surface area contributed by atoms with Gasteiger partial charge in [0.2, 0.25) is 0 Å². The summed E-state index contributed by atoms with van der Waals surface area (Å²) in [5, 5.41) is 7.75. The van der Waals surface area contributed by atoms with Crippen molar-refractivity contribution in [2.45, 2.75) is 11.4 Å². The summed E-state index contributed by atoms with van der Waals surface area (Å²) in [5.74, 6) is -0.439. The van der Waals surface area contributed by atoms with E-state index in [-0.39, 0.29) is 10.6 Å². The maximum absolute atomic E-state index is 12.7. The number of nitrogens with one attached hydrogen (secondary N) is 1. The number of aromatic nitrogens is 3. The molecule has 2 aromatic carbocycles. The number of fused-ring (bicyclic) bond motifs is 1. The lowest BCUT2D eigenvalue weighted by atomic mass is 10.2. The third-order valence-electron chi connectivity index (χ3n) is 4.45. The molecule has 0 bridgehead atoms. The van der Waals surface area contributed by atoms with Gasteiger partial charge in [0.1, 0.15) is 0 Å². The lowest BCUT2D eigenvalue weighted by Gasteiger charge is -2.09. The highest BCUT2D eigenvalue weighted by Gasteiger charge is 2.16. The van der Waals surface area contributed by atoms with E-state index in [4.69, 9.17) is 0 Å². The summed E-state index contributed by atoms with van der Waals surface area (Å²) in [5.41, 5.74) is 2.32. The van der Waals surface area contributed by atoms with Gasteiger partial charge in [0, 0.05) is 17.8 Å².